The number of imide groups is 1. The summed E-state index contributed by atoms with van der Waals surface area (Å²) in [5.41, 5.74) is 1.70. The number of hydrogen-bond acceptors (Lipinski definition) is 3. The van der Waals surface area contributed by atoms with Gasteiger partial charge in [0.15, 0.2) is 0 Å². The van der Waals surface area contributed by atoms with Gasteiger partial charge in [-0.15, -0.1) is 0 Å². The van der Waals surface area contributed by atoms with E-state index in [0.717, 1.165) is 27.8 Å². The van der Waals surface area contributed by atoms with Crippen LogP contribution in [0.3, 0.4) is 0 Å². The van der Waals surface area contributed by atoms with Gasteiger partial charge in [0, 0.05) is 17.2 Å². The molecule has 6 heteroatoms. The maximum absolute atomic E-state index is 12.8. The Labute approximate surface area is 153 Å². The van der Waals surface area contributed by atoms with E-state index in [9.17, 15) is 14.4 Å². The van der Waals surface area contributed by atoms with Crippen LogP contribution >= 0.6 is 15.9 Å². The van der Waals surface area contributed by atoms with E-state index in [4.69, 9.17) is 0 Å². The summed E-state index contributed by atoms with van der Waals surface area (Å²) in [6, 6.07) is 12.6. The number of hydrogen-bond donors (Lipinski definition) is 1. The quantitative estimate of drug-likeness (QED) is 0.806. The molecule has 25 heavy (non-hydrogen) atoms. The number of halogens is 1. The molecule has 1 aliphatic heterocycles. The minimum atomic E-state index is -0.514. The highest BCUT2D eigenvalue weighted by molar-refractivity contribution is 9.10. The van der Waals surface area contributed by atoms with E-state index in [1.54, 1.807) is 18.2 Å². The van der Waals surface area contributed by atoms with Crippen LogP contribution in [0.2, 0.25) is 0 Å². The van der Waals surface area contributed by atoms with E-state index in [1.165, 1.54) is 7.05 Å². The van der Waals surface area contributed by atoms with Gasteiger partial charge in [0.2, 0.25) is 5.91 Å². The maximum Gasteiger partial charge on any atom is 0.261 e. The summed E-state index contributed by atoms with van der Waals surface area (Å²) in [6.07, 6.45) is 1.58. The van der Waals surface area contributed by atoms with Gasteiger partial charge >= 0.3 is 0 Å². The normalized spacial score (nSPS) is 17.4. The third kappa shape index (κ3) is 2.48. The molecule has 3 amide bonds. The Kier molecular flexibility index (Phi) is 3.54. The largest absolute Gasteiger partial charge is 0.325 e. The average Bonchev–Trinajstić information content (AvgIpc) is 3.38. The Hall–Kier alpha value is -2.47. The molecule has 5 nitrogen and oxygen atoms in total. The standard InChI is InChI=1S/C19H15BrN2O3/c1-22-16(23)14-6-5-13(10-15(14)17(22)24)21-18(25)19(7-8-19)11-3-2-4-12(20)9-11/h2-6,9-10H,7-8H2,1H3,(H,21,25). The lowest BCUT2D eigenvalue weighted by Gasteiger charge is -2.16. The number of nitrogens with one attached hydrogen (secondary N) is 1. The predicted octanol–water partition coefficient (Wildman–Crippen LogP) is 3.35. The first-order valence-electron chi connectivity index (χ1n) is 7.96. The Morgan fingerprint density at radius 2 is 1.80 bits per heavy atom. The van der Waals surface area contributed by atoms with Crippen LogP contribution in [0.15, 0.2) is 46.9 Å². The second-order valence-corrected chi connectivity index (χ2v) is 7.39. The molecule has 0 unspecified atom stereocenters. The van der Waals surface area contributed by atoms with Crippen LogP contribution in [0.4, 0.5) is 5.69 Å². The molecule has 1 aliphatic carbocycles. The minimum absolute atomic E-state index is 0.0873. The lowest BCUT2D eigenvalue weighted by atomic mass is 9.95. The van der Waals surface area contributed by atoms with Crippen molar-refractivity contribution < 1.29 is 14.4 Å². The number of rotatable bonds is 3. The third-order valence-corrected chi connectivity index (χ3v) is 5.40. The zero-order valence-corrected chi connectivity index (χ0v) is 15.1. The van der Waals surface area contributed by atoms with E-state index < -0.39 is 5.41 Å². The molecule has 2 aromatic carbocycles. The highest BCUT2D eigenvalue weighted by atomic mass is 79.9. The van der Waals surface area contributed by atoms with Crippen molar-refractivity contribution in [1.29, 1.82) is 0 Å². The summed E-state index contributed by atoms with van der Waals surface area (Å²) in [7, 11) is 1.45. The van der Waals surface area contributed by atoms with Crippen molar-refractivity contribution in [2.45, 2.75) is 18.3 Å². The summed E-state index contributed by atoms with van der Waals surface area (Å²) in [4.78, 5) is 38.0. The van der Waals surface area contributed by atoms with Crippen molar-refractivity contribution in [2.75, 3.05) is 12.4 Å². The van der Waals surface area contributed by atoms with E-state index in [1.807, 2.05) is 24.3 Å². The van der Waals surface area contributed by atoms with E-state index >= 15 is 0 Å². The van der Waals surface area contributed by atoms with Gasteiger partial charge in [-0.3, -0.25) is 19.3 Å². The predicted molar refractivity (Wildman–Crippen MR) is 96.5 cm³/mol. The van der Waals surface area contributed by atoms with Gasteiger partial charge in [-0.25, -0.2) is 0 Å². The third-order valence-electron chi connectivity index (χ3n) is 4.91. The fourth-order valence-electron chi connectivity index (χ4n) is 3.25. The Balaban J connectivity index is 1.61. The molecule has 0 aromatic heterocycles. The summed E-state index contributed by atoms with van der Waals surface area (Å²) >= 11 is 3.44. The number of carbonyl (C=O) groups is 3. The Morgan fingerprint density at radius 3 is 2.48 bits per heavy atom. The Morgan fingerprint density at radius 1 is 1.08 bits per heavy atom. The topological polar surface area (TPSA) is 66.5 Å². The molecular formula is C19H15BrN2O3. The first kappa shape index (κ1) is 16.0. The SMILES string of the molecule is CN1C(=O)c2ccc(NC(=O)C3(c4cccc(Br)c4)CC3)cc2C1=O. The molecule has 1 heterocycles. The lowest BCUT2D eigenvalue weighted by Crippen LogP contribution is -2.28. The van der Waals surface area contributed by atoms with Crippen LogP contribution in [-0.4, -0.2) is 29.7 Å². The van der Waals surface area contributed by atoms with Crippen LogP contribution in [-0.2, 0) is 10.2 Å². The molecular weight excluding hydrogens is 384 g/mol. The van der Waals surface area contributed by atoms with Crippen molar-refractivity contribution in [3.8, 4) is 0 Å². The number of fused-ring (bicyclic) bond motifs is 1. The Bertz CT molecular complexity index is 934. The molecule has 0 radical (unpaired) electrons. The first-order chi connectivity index (χ1) is 11.9. The van der Waals surface area contributed by atoms with Gasteiger partial charge in [0.05, 0.1) is 16.5 Å². The van der Waals surface area contributed by atoms with Crippen molar-refractivity contribution in [2.24, 2.45) is 0 Å². The van der Waals surface area contributed by atoms with Crippen LogP contribution in [0.1, 0.15) is 39.1 Å². The van der Waals surface area contributed by atoms with Gasteiger partial charge in [-0.2, -0.15) is 0 Å². The number of amides is 3. The van der Waals surface area contributed by atoms with Crippen molar-refractivity contribution in [3.05, 3.63) is 63.6 Å². The lowest BCUT2D eigenvalue weighted by molar-refractivity contribution is -0.118. The molecule has 0 spiro atoms. The molecule has 1 saturated carbocycles. The summed E-state index contributed by atoms with van der Waals surface area (Å²) in [5.74, 6) is -0.745. The smallest absolute Gasteiger partial charge is 0.261 e. The highest BCUT2D eigenvalue weighted by Crippen LogP contribution is 2.49. The van der Waals surface area contributed by atoms with Gasteiger partial charge in [0.1, 0.15) is 0 Å². The van der Waals surface area contributed by atoms with Crippen LogP contribution in [0, 0.1) is 0 Å². The zero-order valence-electron chi connectivity index (χ0n) is 13.5. The monoisotopic (exact) mass is 398 g/mol. The van der Waals surface area contributed by atoms with Crippen molar-refractivity contribution in [1.82, 2.24) is 4.90 Å². The zero-order chi connectivity index (χ0) is 17.8. The van der Waals surface area contributed by atoms with Crippen molar-refractivity contribution in [3.63, 3.8) is 0 Å². The van der Waals surface area contributed by atoms with Crippen LogP contribution < -0.4 is 5.32 Å². The molecule has 4 rings (SSSR count). The molecule has 1 N–H and O–H groups in total. The molecule has 0 saturated heterocycles. The van der Waals surface area contributed by atoms with Gasteiger partial charge < -0.3 is 5.32 Å². The number of benzene rings is 2. The summed E-state index contributed by atoms with van der Waals surface area (Å²) < 4.78 is 0.939. The second-order valence-electron chi connectivity index (χ2n) is 6.48. The summed E-state index contributed by atoms with van der Waals surface area (Å²) in [6.45, 7) is 0. The van der Waals surface area contributed by atoms with Gasteiger partial charge in [0.25, 0.3) is 11.8 Å². The average molecular weight is 399 g/mol. The fourth-order valence-corrected chi connectivity index (χ4v) is 3.65. The van der Waals surface area contributed by atoms with Crippen molar-refractivity contribution >= 4 is 39.3 Å². The molecule has 126 valence electrons. The van der Waals surface area contributed by atoms with Gasteiger partial charge in [-0.1, -0.05) is 28.1 Å². The van der Waals surface area contributed by atoms with Crippen LogP contribution in [0.5, 0.6) is 0 Å². The molecule has 1 fully saturated rings. The number of nitrogens with zero attached hydrogens (tertiary/aromatic N) is 1. The molecule has 2 aliphatic rings. The number of anilines is 1. The van der Waals surface area contributed by atoms with E-state index in [-0.39, 0.29) is 17.7 Å². The van der Waals surface area contributed by atoms with Gasteiger partial charge in [-0.05, 0) is 48.7 Å². The maximum atomic E-state index is 12.8. The fraction of sp³-hybridized carbons (Fsp3) is 0.211. The second kappa shape index (κ2) is 5.52. The molecule has 0 atom stereocenters. The summed E-state index contributed by atoms with van der Waals surface area (Å²) in [5, 5.41) is 2.91. The molecule has 2 aromatic rings. The van der Waals surface area contributed by atoms with Crippen LogP contribution in [0.25, 0.3) is 0 Å². The van der Waals surface area contributed by atoms with E-state index in [0.29, 0.717) is 16.8 Å². The van der Waals surface area contributed by atoms with E-state index in [2.05, 4.69) is 21.2 Å². The first-order valence-corrected chi connectivity index (χ1v) is 8.76. The molecule has 0 bridgehead atoms. The highest BCUT2D eigenvalue weighted by Gasteiger charge is 2.51. The minimum Gasteiger partial charge on any atom is -0.325 e. The number of carbonyl (C=O) groups excluding carboxylic acids is 3.